The second-order valence-corrected chi connectivity index (χ2v) is 15.4. The Bertz CT molecular complexity index is 1260. The first-order valence-corrected chi connectivity index (χ1v) is 23.2. The van der Waals surface area contributed by atoms with Gasteiger partial charge in [-0.25, -0.2) is 4.57 Å². The van der Waals surface area contributed by atoms with Gasteiger partial charge in [-0.05, 0) is 77.0 Å². The Kier molecular flexibility index (Phi) is 38.9. The van der Waals surface area contributed by atoms with E-state index in [1.54, 1.807) is 18.2 Å². The Balaban J connectivity index is 4.14. The first-order valence-electron chi connectivity index (χ1n) is 21.6. The van der Waals surface area contributed by atoms with Gasteiger partial charge in [-0.15, -0.1) is 0 Å². The lowest BCUT2D eigenvalue weighted by Crippen LogP contribution is -2.29. The summed E-state index contributed by atoms with van der Waals surface area (Å²) < 4.78 is 26.3. The van der Waals surface area contributed by atoms with Crippen LogP contribution in [0.1, 0.15) is 162 Å². The number of rotatable bonds is 38. The molecule has 0 aliphatic rings. The van der Waals surface area contributed by atoms with E-state index in [1.807, 2.05) is 18.2 Å². The van der Waals surface area contributed by atoms with E-state index in [0.29, 0.717) is 19.3 Å². The number of unbranched alkanes of at least 4 members (excludes halogenated alkanes) is 12. The predicted octanol–water partition coefficient (Wildman–Crippen LogP) is 12.4. The van der Waals surface area contributed by atoms with Gasteiger partial charge in [-0.3, -0.25) is 14.1 Å². The normalized spacial score (nSPS) is 14.0. The van der Waals surface area contributed by atoms with E-state index < -0.39 is 38.6 Å². The molecule has 0 aliphatic carbocycles. The molecule has 0 aromatic heterocycles. The van der Waals surface area contributed by atoms with Gasteiger partial charge in [0, 0.05) is 12.8 Å². The van der Waals surface area contributed by atoms with Crippen molar-refractivity contribution in [3.8, 4) is 0 Å². The van der Waals surface area contributed by atoms with E-state index >= 15 is 0 Å². The maximum Gasteiger partial charge on any atom is 0.469 e. The Morgan fingerprint density at radius 1 is 0.561 bits per heavy atom. The monoisotopic (exact) mass is 817 g/mol. The van der Waals surface area contributed by atoms with E-state index in [1.165, 1.54) is 57.8 Å². The number of allylic oxidation sites excluding steroid dienone is 14. The number of esters is 2. The van der Waals surface area contributed by atoms with Crippen LogP contribution >= 0.6 is 7.82 Å². The molecule has 0 saturated carbocycles. The highest BCUT2D eigenvalue weighted by Crippen LogP contribution is 2.36. The molecular weight excluding hydrogens is 739 g/mol. The van der Waals surface area contributed by atoms with Crippen LogP contribution in [0.2, 0.25) is 0 Å². The average molecular weight is 817 g/mol. The van der Waals surface area contributed by atoms with E-state index in [0.717, 1.165) is 57.8 Å². The van der Waals surface area contributed by atoms with Gasteiger partial charge >= 0.3 is 19.8 Å². The molecule has 0 amide bonds. The van der Waals surface area contributed by atoms with Crippen molar-refractivity contribution in [3.05, 3.63) is 97.2 Å². The lowest BCUT2D eigenvalue weighted by atomic mass is 10.1. The van der Waals surface area contributed by atoms with E-state index in [2.05, 4.69) is 79.1 Å². The molecule has 57 heavy (non-hydrogen) atoms. The van der Waals surface area contributed by atoms with Crippen molar-refractivity contribution in [2.24, 2.45) is 0 Å². The highest BCUT2D eigenvalue weighted by Gasteiger charge is 2.22. The zero-order valence-corrected chi connectivity index (χ0v) is 36.2. The minimum absolute atomic E-state index is 0.0547. The van der Waals surface area contributed by atoms with Crippen LogP contribution in [0, 0.1) is 0 Å². The number of phosphoric acid groups is 1. The van der Waals surface area contributed by atoms with Crippen molar-refractivity contribution in [2.75, 3.05) is 13.2 Å². The summed E-state index contributed by atoms with van der Waals surface area (Å²) in [6.45, 7) is 3.39. The number of ether oxygens (including phenoxy) is 2. The smallest absolute Gasteiger partial charge is 0.462 e. The fraction of sp³-hybridized carbons (Fsp3) is 0.617. The second kappa shape index (κ2) is 41.1. The maximum absolute atomic E-state index is 12.4. The van der Waals surface area contributed by atoms with E-state index in [-0.39, 0.29) is 19.4 Å². The van der Waals surface area contributed by atoms with Gasteiger partial charge in [0.2, 0.25) is 0 Å². The number of aliphatic hydroxyl groups excluding tert-OH is 1. The molecule has 1 unspecified atom stereocenters. The highest BCUT2D eigenvalue weighted by atomic mass is 31.2. The van der Waals surface area contributed by atoms with Crippen LogP contribution in [0.3, 0.4) is 0 Å². The molecule has 0 spiro atoms. The van der Waals surface area contributed by atoms with Crippen molar-refractivity contribution >= 4 is 19.8 Å². The number of hydrogen-bond donors (Lipinski definition) is 3. The van der Waals surface area contributed by atoms with Gasteiger partial charge in [0.1, 0.15) is 6.61 Å². The quantitative estimate of drug-likeness (QED) is 0.0183. The summed E-state index contributed by atoms with van der Waals surface area (Å²) >= 11 is 0. The number of hydrogen-bond acceptors (Lipinski definition) is 7. The van der Waals surface area contributed by atoms with Crippen LogP contribution in [-0.4, -0.2) is 52.3 Å². The Morgan fingerprint density at radius 3 is 1.68 bits per heavy atom. The zero-order valence-electron chi connectivity index (χ0n) is 35.3. The van der Waals surface area contributed by atoms with Gasteiger partial charge in [-0.1, -0.05) is 169 Å². The first-order chi connectivity index (χ1) is 27.7. The molecule has 0 rings (SSSR count). The minimum Gasteiger partial charge on any atom is -0.462 e. The number of aliphatic hydroxyl groups is 1. The summed E-state index contributed by atoms with van der Waals surface area (Å²) in [5.74, 6) is -1.08. The van der Waals surface area contributed by atoms with E-state index in [4.69, 9.17) is 19.3 Å². The molecule has 324 valence electrons. The van der Waals surface area contributed by atoms with Gasteiger partial charge in [0.15, 0.2) is 6.10 Å². The molecule has 0 aromatic rings. The van der Waals surface area contributed by atoms with Crippen molar-refractivity contribution in [3.63, 3.8) is 0 Å². The first kappa shape index (κ1) is 53.9. The van der Waals surface area contributed by atoms with Crippen molar-refractivity contribution < 1.29 is 43.0 Å². The molecule has 0 aromatic carbocycles. The standard InChI is InChI=1S/C47H77O9P/c1-3-5-7-9-11-13-15-17-18-19-20-21-22-24-26-28-30-32-36-41-47(50)56-45(43-55-57(51,52)53)42-54-46(49)40-37-33-35-39-44(48)38-34-31-29-27-25-23-16-14-12-10-8-6-4-2/h6,8,11-14,17-18,23,25,29,31,33-35,38,44-45,48H,3-5,7,9-10,15-16,19-22,24,26-28,30,32,36-37,39-43H2,1-2H3,(H2,51,52,53)/b8-6-,13-11-,14-12-,18-17-,25-23-,31-29-,35-33-,38-34-/t44?,45-/m1/s1. The molecule has 10 heteroatoms. The van der Waals surface area contributed by atoms with Crippen LogP contribution in [0.4, 0.5) is 0 Å². The number of carbonyl (C=O) groups excluding carboxylic acids is 2. The molecule has 0 radical (unpaired) electrons. The Morgan fingerprint density at radius 2 is 1.09 bits per heavy atom. The minimum atomic E-state index is -4.80. The third kappa shape index (κ3) is 43.9. The molecule has 2 atom stereocenters. The SMILES string of the molecule is CC/C=C\C/C=C\C/C=C\C/C=C\C=C/C(O)C/C=C\CCC(=O)OC[C@H](COP(=O)(O)O)OC(=O)CCCCCCCCCCC/C=C\C/C=C\CCCCC. The number of carbonyl (C=O) groups is 2. The molecule has 0 fully saturated rings. The summed E-state index contributed by atoms with van der Waals surface area (Å²) in [6.07, 6.45) is 53.0. The Labute approximate surface area is 346 Å². The van der Waals surface area contributed by atoms with Crippen LogP contribution < -0.4 is 0 Å². The van der Waals surface area contributed by atoms with E-state index in [9.17, 15) is 19.3 Å². The van der Waals surface area contributed by atoms with Gasteiger partial charge in [0.05, 0.1) is 12.7 Å². The molecule has 0 aliphatic heterocycles. The summed E-state index contributed by atoms with van der Waals surface area (Å²) in [5, 5.41) is 10.1. The van der Waals surface area contributed by atoms with Crippen LogP contribution in [0.5, 0.6) is 0 Å². The molecule has 3 N–H and O–H groups in total. The van der Waals surface area contributed by atoms with Crippen molar-refractivity contribution in [2.45, 2.75) is 174 Å². The summed E-state index contributed by atoms with van der Waals surface area (Å²) in [7, 11) is -4.80. The largest absolute Gasteiger partial charge is 0.469 e. The van der Waals surface area contributed by atoms with Gasteiger partial charge in [0.25, 0.3) is 0 Å². The lowest BCUT2D eigenvalue weighted by molar-refractivity contribution is -0.161. The average Bonchev–Trinajstić information content (AvgIpc) is 3.18. The molecule has 9 nitrogen and oxygen atoms in total. The van der Waals surface area contributed by atoms with Gasteiger partial charge in [-0.2, -0.15) is 0 Å². The zero-order chi connectivity index (χ0) is 41.9. The second-order valence-electron chi connectivity index (χ2n) is 14.1. The fourth-order valence-corrected chi connectivity index (χ4v) is 5.81. The van der Waals surface area contributed by atoms with Crippen LogP contribution in [0.15, 0.2) is 97.2 Å². The third-order valence-corrected chi connectivity index (χ3v) is 9.17. The predicted molar refractivity (Wildman–Crippen MR) is 236 cm³/mol. The van der Waals surface area contributed by atoms with Crippen LogP contribution in [-0.2, 0) is 28.2 Å². The Hall–Kier alpha value is -3.07. The molecular formula is C47H77O9P. The molecule has 0 saturated heterocycles. The summed E-state index contributed by atoms with van der Waals surface area (Å²) in [6, 6.07) is 0. The molecule has 0 heterocycles. The topological polar surface area (TPSA) is 140 Å². The van der Waals surface area contributed by atoms with Crippen molar-refractivity contribution in [1.29, 1.82) is 0 Å². The summed E-state index contributed by atoms with van der Waals surface area (Å²) in [4.78, 5) is 42.9. The maximum atomic E-state index is 12.4. The van der Waals surface area contributed by atoms with Crippen molar-refractivity contribution in [1.82, 2.24) is 0 Å². The highest BCUT2D eigenvalue weighted by molar-refractivity contribution is 7.46. The fourth-order valence-electron chi connectivity index (χ4n) is 5.45. The van der Waals surface area contributed by atoms with Crippen LogP contribution in [0.25, 0.3) is 0 Å². The molecule has 0 bridgehead atoms. The number of phosphoric ester groups is 1. The third-order valence-electron chi connectivity index (χ3n) is 8.68. The van der Waals surface area contributed by atoms with Gasteiger partial charge < -0.3 is 24.4 Å². The lowest BCUT2D eigenvalue weighted by Gasteiger charge is -2.18. The summed E-state index contributed by atoms with van der Waals surface area (Å²) in [5.41, 5.74) is 0.